The minimum atomic E-state index is -0.440. The van der Waals surface area contributed by atoms with Crippen molar-refractivity contribution in [3.63, 3.8) is 0 Å². The summed E-state index contributed by atoms with van der Waals surface area (Å²) in [4.78, 5) is 11.7. The fourth-order valence-electron chi connectivity index (χ4n) is 3.33. The largest absolute Gasteiger partial charge is 0.444 e. The van der Waals surface area contributed by atoms with E-state index in [2.05, 4.69) is 5.32 Å². The normalized spacial score (nSPS) is 36.0. The molecule has 0 aliphatic heterocycles. The summed E-state index contributed by atoms with van der Waals surface area (Å²) in [5, 5.41) is 12.6. The summed E-state index contributed by atoms with van der Waals surface area (Å²) >= 11 is 0. The number of hydrogen-bond donors (Lipinski definition) is 2. The van der Waals surface area contributed by atoms with Gasteiger partial charge in [0.15, 0.2) is 0 Å². The molecule has 4 heteroatoms. The molecule has 2 fully saturated rings. The highest BCUT2D eigenvalue weighted by molar-refractivity contribution is 5.68. The zero-order valence-corrected chi connectivity index (χ0v) is 11.6. The molecule has 2 N–H and O–H groups in total. The third-order valence-corrected chi connectivity index (χ3v) is 4.01. The van der Waals surface area contributed by atoms with Gasteiger partial charge in [0.1, 0.15) is 5.60 Å². The van der Waals surface area contributed by atoms with Gasteiger partial charge < -0.3 is 15.2 Å². The van der Waals surface area contributed by atoms with E-state index in [-0.39, 0.29) is 18.2 Å². The molecule has 18 heavy (non-hydrogen) atoms. The molecule has 0 saturated heterocycles. The van der Waals surface area contributed by atoms with Crippen LogP contribution >= 0.6 is 0 Å². The number of rotatable bonds is 1. The molecule has 2 unspecified atom stereocenters. The van der Waals surface area contributed by atoms with Crippen LogP contribution in [0, 0.1) is 11.8 Å². The van der Waals surface area contributed by atoms with Crippen LogP contribution < -0.4 is 5.32 Å². The maximum Gasteiger partial charge on any atom is 0.407 e. The Hall–Kier alpha value is -0.770. The van der Waals surface area contributed by atoms with Crippen LogP contribution in [0.25, 0.3) is 0 Å². The second-order valence-electron chi connectivity index (χ2n) is 6.80. The number of fused-ring (bicyclic) bond motifs is 1. The molecule has 0 bridgehead atoms. The van der Waals surface area contributed by atoms with Gasteiger partial charge in [0.05, 0.1) is 6.10 Å². The molecule has 0 aromatic carbocycles. The Balaban J connectivity index is 1.80. The van der Waals surface area contributed by atoms with E-state index in [0.717, 1.165) is 32.1 Å². The molecule has 2 aliphatic carbocycles. The highest BCUT2D eigenvalue weighted by Gasteiger charge is 2.38. The standard InChI is InChI=1S/C14H25NO3/c1-14(2,3)18-13(17)15-11-5-4-9-7-12(16)8-10(9)6-11/h9-12,16H,4-8H2,1-3H3,(H,15,17)/t9?,10-,11?,12+/m0/s1. The molecule has 4 nitrogen and oxygen atoms in total. The molecule has 0 spiro atoms. The molecule has 4 atom stereocenters. The van der Waals surface area contributed by atoms with Crippen LogP contribution in [0.3, 0.4) is 0 Å². The number of nitrogens with one attached hydrogen (secondary N) is 1. The van der Waals surface area contributed by atoms with Crippen LogP contribution in [-0.4, -0.2) is 28.9 Å². The Labute approximate surface area is 109 Å². The highest BCUT2D eigenvalue weighted by atomic mass is 16.6. The number of carbonyl (C=O) groups is 1. The number of alkyl carbamates (subject to hydrolysis) is 1. The number of aliphatic hydroxyl groups excluding tert-OH is 1. The minimum Gasteiger partial charge on any atom is -0.444 e. The Morgan fingerprint density at radius 1 is 1.17 bits per heavy atom. The molecular formula is C14H25NO3. The average Bonchev–Trinajstić information content (AvgIpc) is 2.53. The molecule has 1 amide bonds. The lowest BCUT2D eigenvalue weighted by atomic mass is 9.79. The van der Waals surface area contributed by atoms with E-state index >= 15 is 0 Å². The lowest BCUT2D eigenvalue weighted by Gasteiger charge is -2.32. The van der Waals surface area contributed by atoms with Gasteiger partial charge in [0.25, 0.3) is 0 Å². The predicted octanol–water partition coefficient (Wildman–Crippen LogP) is 2.45. The second kappa shape index (κ2) is 5.08. The third-order valence-electron chi connectivity index (χ3n) is 4.01. The van der Waals surface area contributed by atoms with Crippen molar-refractivity contribution in [1.82, 2.24) is 5.32 Å². The summed E-state index contributed by atoms with van der Waals surface area (Å²) in [6.45, 7) is 5.62. The Morgan fingerprint density at radius 3 is 2.50 bits per heavy atom. The van der Waals surface area contributed by atoms with Crippen molar-refractivity contribution >= 4 is 6.09 Å². The first-order valence-electron chi connectivity index (χ1n) is 7.01. The molecule has 104 valence electrons. The topological polar surface area (TPSA) is 58.6 Å². The van der Waals surface area contributed by atoms with E-state index in [0.29, 0.717) is 11.8 Å². The molecule has 0 radical (unpaired) electrons. The highest BCUT2D eigenvalue weighted by Crippen LogP contribution is 2.42. The van der Waals surface area contributed by atoms with Gasteiger partial charge in [0.2, 0.25) is 0 Å². The van der Waals surface area contributed by atoms with Crippen LogP contribution in [-0.2, 0) is 4.74 Å². The monoisotopic (exact) mass is 255 g/mol. The van der Waals surface area contributed by atoms with Crippen LogP contribution in [0.2, 0.25) is 0 Å². The summed E-state index contributed by atoms with van der Waals surface area (Å²) in [5.41, 5.74) is -0.440. The van der Waals surface area contributed by atoms with Crippen molar-refractivity contribution in [2.24, 2.45) is 11.8 Å². The zero-order chi connectivity index (χ0) is 13.3. The maximum absolute atomic E-state index is 11.7. The van der Waals surface area contributed by atoms with Gasteiger partial charge in [-0.15, -0.1) is 0 Å². The number of amides is 1. The molecule has 2 aliphatic rings. The van der Waals surface area contributed by atoms with Crippen molar-refractivity contribution in [3.8, 4) is 0 Å². The molecule has 0 aromatic heterocycles. The molecule has 0 aromatic rings. The SMILES string of the molecule is CC(C)(C)OC(=O)NC1CCC2C[C@@H](O)C[C@@H]2C1. The van der Waals surface area contributed by atoms with Crippen LogP contribution in [0.1, 0.15) is 52.9 Å². The van der Waals surface area contributed by atoms with Gasteiger partial charge in [-0.25, -0.2) is 4.79 Å². The first-order chi connectivity index (χ1) is 8.33. The number of ether oxygens (including phenoxy) is 1. The van der Waals surface area contributed by atoms with Crippen molar-refractivity contribution in [2.75, 3.05) is 0 Å². The van der Waals surface area contributed by atoms with Gasteiger partial charge in [-0.2, -0.15) is 0 Å². The smallest absolute Gasteiger partial charge is 0.407 e. The maximum atomic E-state index is 11.7. The van der Waals surface area contributed by atoms with E-state index < -0.39 is 5.60 Å². The number of carbonyl (C=O) groups excluding carboxylic acids is 1. The fraction of sp³-hybridized carbons (Fsp3) is 0.929. The van der Waals surface area contributed by atoms with Gasteiger partial charge >= 0.3 is 6.09 Å². The van der Waals surface area contributed by atoms with Crippen molar-refractivity contribution in [3.05, 3.63) is 0 Å². The number of aliphatic hydroxyl groups is 1. The van der Waals surface area contributed by atoms with E-state index in [1.807, 2.05) is 20.8 Å². The minimum absolute atomic E-state index is 0.125. The Bertz CT molecular complexity index is 311. The summed E-state index contributed by atoms with van der Waals surface area (Å²) in [6, 6.07) is 0.214. The number of hydrogen-bond acceptors (Lipinski definition) is 3. The Morgan fingerprint density at radius 2 is 1.83 bits per heavy atom. The molecule has 2 saturated carbocycles. The molecule has 2 rings (SSSR count). The lowest BCUT2D eigenvalue weighted by molar-refractivity contribution is 0.0476. The van der Waals surface area contributed by atoms with Gasteiger partial charge in [-0.05, 0) is 64.7 Å². The summed E-state index contributed by atoms with van der Waals surface area (Å²) in [5.74, 6) is 1.24. The summed E-state index contributed by atoms with van der Waals surface area (Å²) < 4.78 is 5.27. The van der Waals surface area contributed by atoms with Crippen LogP contribution in [0.15, 0.2) is 0 Å². The van der Waals surface area contributed by atoms with E-state index in [1.54, 1.807) is 0 Å². The molecule has 0 heterocycles. The fourth-order valence-corrected chi connectivity index (χ4v) is 3.33. The lowest BCUT2D eigenvalue weighted by Crippen LogP contribution is -2.42. The first kappa shape index (κ1) is 13.7. The van der Waals surface area contributed by atoms with Crippen molar-refractivity contribution in [2.45, 2.75) is 70.6 Å². The van der Waals surface area contributed by atoms with Gasteiger partial charge in [0, 0.05) is 6.04 Å². The van der Waals surface area contributed by atoms with Crippen LogP contribution in [0.4, 0.5) is 4.79 Å². The van der Waals surface area contributed by atoms with Gasteiger partial charge in [-0.1, -0.05) is 0 Å². The predicted molar refractivity (Wildman–Crippen MR) is 69.2 cm³/mol. The van der Waals surface area contributed by atoms with Crippen LogP contribution in [0.5, 0.6) is 0 Å². The second-order valence-corrected chi connectivity index (χ2v) is 6.80. The Kier molecular flexibility index (Phi) is 3.85. The van der Waals surface area contributed by atoms with Crippen molar-refractivity contribution < 1.29 is 14.6 Å². The van der Waals surface area contributed by atoms with E-state index in [9.17, 15) is 9.90 Å². The van der Waals surface area contributed by atoms with Crippen molar-refractivity contribution in [1.29, 1.82) is 0 Å². The summed E-state index contributed by atoms with van der Waals surface area (Å²) in [6.07, 6.45) is 4.52. The first-order valence-corrected chi connectivity index (χ1v) is 7.01. The van der Waals surface area contributed by atoms with E-state index in [1.165, 1.54) is 0 Å². The third kappa shape index (κ3) is 3.61. The summed E-state index contributed by atoms with van der Waals surface area (Å²) in [7, 11) is 0. The average molecular weight is 255 g/mol. The zero-order valence-electron chi connectivity index (χ0n) is 11.6. The molecular weight excluding hydrogens is 230 g/mol. The van der Waals surface area contributed by atoms with Gasteiger partial charge in [-0.3, -0.25) is 0 Å². The quantitative estimate of drug-likeness (QED) is 0.756. The van der Waals surface area contributed by atoms with E-state index in [4.69, 9.17) is 4.74 Å².